The Morgan fingerprint density at radius 1 is 0.731 bits per heavy atom. The number of amides is 3. The number of aliphatic hydroxyl groups is 1. The highest BCUT2D eigenvalue weighted by molar-refractivity contribution is 7.99. The molecule has 8 nitrogen and oxygen atoms in total. The maximum Gasteiger partial charge on any atom is 0.274 e. The van der Waals surface area contributed by atoms with Crippen molar-refractivity contribution in [2.75, 3.05) is 11.1 Å². The summed E-state index contributed by atoms with van der Waals surface area (Å²) in [5, 5.41) is 23.9. The Balaban J connectivity index is 1.23. The van der Waals surface area contributed by atoms with Gasteiger partial charge < -0.3 is 21.1 Å². The number of para-hydroxylation sites is 1. The number of carbonyl (C=O) groups is 3. The summed E-state index contributed by atoms with van der Waals surface area (Å²) < 4.78 is 0. The van der Waals surface area contributed by atoms with E-state index in [9.17, 15) is 19.5 Å². The van der Waals surface area contributed by atoms with Crippen LogP contribution in [0.25, 0.3) is 21.7 Å². The number of thioether (sulfide) groups is 1. The number of carbonyl (C=O) groups excluding carboxylic acids is 3. The lowest BCUT2D eigenvalue weighted by Gasteiger charge is -2.26. The first kappa shape index (κ1) is 36.3. The van der Waals surface area contributed by atoms with E-state index in [0.29, 0.717) is 39.2 Å². The molecule has 9 heteroatoms. The van der Waals surface area contributed by atoms with Gasteiger partial charge in [-0.1, -0.05) is 78.9 Å². The van der Waals surface area contributed by atoms with Crippen LogP contribution in [0.4, 0.5) is 5.69 Å². The van der Waals surface area contributed by atoms with E-state index in [1.165, 1.54) is 11.8 Å². The summed E-state index contributed by atoms with van der Waals surface area (Å²) in [6.07, 6.45) is -0.882. The van der Waals surface area contributed by atoms with Crippen LogP contribution in [-0.2, 0) is 6.42 Å². The number of aromatic nitrogens is 1. The number of hydrogen-bond donors (Lipinski definition) is 4. The largest absolute Gasteiger partial charge is 0.391 e. The number of nitrogens with zero attached hydrogens (tertiary/aromatic N) is 1. The SMILES string of the molecule is Cc1c(NC(=O)c2ccc3ccccc3n2)cccc1C(=O)NC(CSc1ccc2ccccc2c1)C(O)Cc1ccccc1C(=O)NC(C)(C)C. The number of hydrogen-bond acceptors (Lipinski definition) is 6. The lowest BCUT2D eigenvalue weighted by molar-refractivity contribution is 0.0849. The van der Waals surface area contributed by atoms with Gasteiger partial charge in [-0.2, -0.15) is 0 Å². The lowest BCUT2D eigenvalue weighted by Crippen LogP contribution is -2.46. The molecule has 1 aromatic heterocycles. The number of rotatable bonds is 11. The van der Waals surface area contributed by atoms with Crippen LogP contribution in [0.5, 0.6) is 0 Å². The zero-order valence-corrected chi connectivity index (χ0v) is 30.5. The quantitative estimate of drug-likeness (QED) is 0.101. The molecule has 2 atom stereocenters. The van der Waals surface area contributed by atoms with Crippen LogP contribution >= 0.6 is 11.8 Å². The molecule has 0 saturated carbocycles. The van der Waals surface area contributed by atoms with E-state index >= 15 is 0 Å². The van der Waals surface area contributed by atoms with E-state index in [1.54, 1.807) is 43.3 Å². The molecule has 0 aliphatic rings. The summed E-state index contributed by atoms with van der Waals surface area (Å²) in [7, 11) is 0. The monoisotopic (exact) mass is 710 g/mol. The maximum atomic E-state index is 14.0. The Morgan fingerprint density at radius 3 is 2.19 bits per heavy atom. The molecule has 0 bridgehead atoms. The van der Waals surface area contributed by atoms with Gasteiger partial charge in [0.2, 0.25) is 0 Å². The highest BCUT2D eigenvalue weighted by Gasteiger charge is 2.26. The number of anilines is 1. The third kappa shape index (κ3) is 8.85. The second kappa shape index (κ2) is 15.8. The van der Waals surface area contributed by atoms with Crippen LogP contribution in [-0.4, -0.2) is 51.2 Å². The fourth-order valence-electron chi connectivity index (χ4n) is 6.03. The number of pyridine rings is 1. The summed E-state index contributed by atoms with van der Waals surface area (Å²) in [5.74, 6) is -0.639. The first-order valence-electron chi connectivity index (χ1n) is 17.2. The van der Waals surface area contributed by atoms with Crippen molar-refractivity contribution in [3.63, 3.8) is 0 Å². The third-order valence-corrected chi connectivity index (χ3v) is 9.88. The van der Waals surface area contributed by atoms with E-state index in [-0.39, 0.29) is 29.8 Å². The number of fused-ring (bicyclic) bond motifs is 2. The van der Waals surface area contributed by atoms with Gasteiger partial charge in [-0.05, 0) is 92.1 Å². The summed E-state index contributed by atoms with van der Waals surface area (Å²) >= 11 is 1.53. The predicted molar refractivity (Wildman–Crippen MR) is 210 cm³/mol. The number of nitrogens with one attached hydrogen (secondary N) is 3. The summed E-state index contributed by atoms with van der Waals surface area (Å²) in [5.41, 5.74) is 3.11. The standard InChI is InChI=1S/C43H42N4O4S/c1-27-33(17-11-19-35(27)45-42(51)37-23-21-29-13-8-10-18-36(29)44-37)40(49)46-38(26-52-32-22-20-28-12-5-6-14-30(28)24-32)39(48)25-31-15-7-9-16-34(31)41(50)47-43(2,3)4/h5-24,38-39,48H,25-26H2,1-4H3,(H,45,51)(H,46,49)(H,47,50). The molecule has 6 aromatic rings. The van der Waals surface area contributed by atoms with Gasteiger partial charge in [0.25, 0.3) is 17.7 Å². The predicted octanol–water partition coefficient (Wildman–Crippen LogP) is 7.97. The number of aliphatic hydroxyl groups excluding tert-OH is 1. The smallest absolute Gasteiger partial charge is 0.274 e. The van der Waals surface area contributed by atoms with E-state index in [1.807, 2.05) is 81.4 Å². The Kier molecular flexibility index (Phi) is 11.0. The van der Waals surface area contributed by atoms with Crippen LogP contribution in [0, 0.1) is 6.92 Å². The molecular weight excluding hydrogens is 669 g/mol. The van der Waals surface area contributed by atoms with Crippen molar-refractivity contribution in [1.82, 2.24) is 15.6 Å². The highest BCUT2D eigenvalue weighted by Crippen LogP contribution is 2.27. The molecule has 52 heavy (non-hydrogen) atoms. The van der Waals surface area contributed by atoms with Crippen molar-refractivity contribution in [2.24, 2.45) is 0 Å². The van der Waals surface area contributed by atoms with Crippen molar-refractivity contribution in [2.45, 2.75) is 56.7 Å². The van der Waals surface area contributed by atoms with Crippen molar-refractivity contribution in [3.05, 3.63) is 149 Å². The van der Waals surface area contributed by atoms with Gasteiger partial charge in [0.05, 0.1) is 17.7 Å². The fraction of sp³-hybridized carbons (Fsp3) is 0.209. The Labute approximate surface area is 308 Å². The molecule has 0 saturated heterocycles. The normalized spacial score (nSPS) is 12.6. The van der Waals surface area contributed by atoms with Crippen LogP contribution < -0.4 is 16.0 Å². The Morgan fingerprint density at radius 2 is 1.40 bits per heavy atom. The molecule has 1 heterocycles. The first-order chi connectivity index (χ1) is 24.9. The lowest BCUT2D eigenvalue weighted by atomic mass is 9.96. The molecule has 3 amide bonds. The molecule has 0 aliphatic carbocycles. The van der Waals surface area contributed by atoms with E-state index in [4.69, 9.17) is 0 Å². The van der Waals surface area contributed by atoms with E-state index in [2.05, 4.69) is 45.2 Å². The van der Waals surface area contributed by atoms with Gasteiger partial charge >= 0.3 is 0 Å². The zero-order chi connectivity index (χ0) is 36.8. The van der Waals surface area contributed by atoms with Gasteiger partial charge in [-0.3, -0.25) is 14.4 Å². The molecule has 5 aromatic carbocycles. The molecule has 0 radical (unpaired) electrons. The maximum absolute atomic E-state index is 14.0. The van der Waals surface area contributed by atoms with Gasteiger partial charge in [0, 0.05) is 44.8 Å². The molecule has 0 spiro atoms. The average molecular weight is 711 g/mol. The molecule has 6 rings (SSSR count). The second-order valence-electron chi connectivity index (χ2n) is 13.9. The summed E-state index contributed by atoms with van der Waals surface area (Å²) in [6.45, 7) is 7.53. The van der Waals surface area contributed by atoms with Crippen molar-refractivity contribution in [3.8, 4) is 0 Å². The topological polar surface area (TPSA) is 120 Å². The van der Waals surface area contributed by atoms with Gasteiger partial charge in [0.1, 0.15) is 5.69 Å². The van der Waals surface area contributed by atoms with Crippen LogP contribution in [0.3, 0.4) is 0 Å². The molecule has 4 N–H and O–H groups in total. The van der Waals surface area contributed by atoms with Crippen LogP contribution in [0.15, 0.2) is 126 Å². The average Bonchev–Trinajstić information content (AvgIpc) is 3.13. The Bertz CT molecular complexity index is 2260. The number of benzene rings is 5. The molecule has 264 valence electrons. The molecule has 0 fully saturated rings. The minimum absolute atomic E-state index is 0.144. The minimum atomic E-state index is -1.03. The zero-order valence-electron chi connectivity index (χ0n) is 29.6. The van der Waals surface area contributed by atoms with E-state index in [0.717, 1.165) is 21.1 Å². The van der Waals surface area contributed by atoms with Gasteiger partial charge in [0.15, 0.2) is 0 Å². The second-order valence-corrected chi connectivity index (χ2v) is 14.9. The minimum Gasteiger partial charge on any atom is -0.391 e. The molecule has 0 aliphatic heterocycles. The summed E-state index contributed by atoms with van der Waals surface area (Å²) in [4.78, 5) is 45.9. The van der Waals surface area contributed by atoms with Crippen molar-refractivity contribution >= 4 is 56.8 Å². The van der Waals surface area contributed by atoms with Gasteiger partial charge in [-0.25, -0.2) is 4.98 Å². The van der Waals surface area contributed by atoms with Crippen molar-refractivity contribution < 1.29 is 19.5 Å². The Hall–Kier alpha value is -5.51. The van der Waals surface area contributed by atoms with Crippen LogP contribution in [0.2, 0.25) is 0 Å². The first-order valence-corrected chi connectivity index (χ1v) is 18.2. The van der Waals surface area contributed by atoms with Crippen molar-refractivity contribution in [1.29, 1.82) is 0 Å². The molecular formula is C43H42N4O4S. The van der Waals surface area contributed by atoms with E-state index < -0.39 is 17.7 Å². The summed E-state index contributed by atoms with van der Waals surface area (Å²) in [6, 6.07) is 37.1. The molecule has 2 unspecified atom stereocenters. The highest BCUT2D eigenvalue weighted by atomic mass is 32.2. The third-order valence-electron chi connectivity index (χ3n) is 8.77. The van der Waals surface area contributed by atoms with Crippen LogP contribution in [0.1, 0.15) is 63.1 Å². The fourth-order valence-corrected chi connectivity index (χ4v) is 7.08. The van der Waals surface area contributed by atoms with Gasteiger partial charge in [-0.15, -0.1) is 11.8 Å².